The van der Waals surface area contributed by atoms with Crippen LogP contribution in [0.4, 0.5) is 15.9 Å². The Morgan fingerprint density at radius 3 is 2.31 bits per heavy atom. The van der Waals surface area contributed by atoms with Gasteiger partial charge in [0, 0.05) is 17.1 Å². The summed E-state index contributed by atoms with van der Waals surface area (Å²) in [6, 6.07) is 15.1. The molecule has 0 bridgehead atoms. The van der Waals surface area contributed by atoms with E-state index in [1.54, 1.807) is 7.11 Å². The number of aryl methyl sites for hydroxylation is 1. The lowest BCUT2D eigenvalue weighted by Crippen LogP contribution is -2.48. The average molecular weight is 352 g/mol. The molecule has 2 heterocycles. The molecule has 1 aliphatic heterocycles. The van der Waals surface area contributed by atoms with E-state index in [1.165, 1.54) is 23.1 Å². The van der Waals surface area contributed by atoms with Gasteiger partial charge >= 0.3 is 0 Å². The number of methoxy groups -OCH3 is 1. The smallest absolute Gasteiger partial charge is 0.275 e. The number of rotatable bonds is 3. The highest BCUT2D eigenvalue weighted by Gasteiger charge is 2.24. The molecule has 1 aliphatic rings. The number of aromatic nitrogens is 1. The lowest BCUT2D eigenvalue weighted by atomic mass is 10.1. The van der Waals surface area contributed by atoms with E-state index in [1.807, 2.05) is 18.2 Å². The van der Waals surface area contributed by atoms with Crippen molar-refractivity contribution >= 4 is 22.4 Å². The summed E-state index contributed by atoms with van der Waals surface area (Å²) in [6.07, 6.45) is 0. The van der Waals surface area contributed by atoms with Gasteiger partial charge in [0.2, 0.25) is 0 Å². The molecule has 0 unspecified atom stereocenters. The first-order valence-electron chi connectivity index (χ1n) is 8.90. The third-order valence-electron chi connectivity index (χ3n) is 5.08. The second-order valence-corrected chi connectivity index (χ2v) is 6.70. The molecule has 0 atom stereocenters. The Balaban J connectivity index is 1.53. The quantitative estimate of drug-likeness (QED) is 0.723. The number of ether oxygens (including phenoxy) is 1. The summed E-state index contributed by atoms with van der Waals surface area (Å²) in [5.74, 6) is 1.82. The molecule has 1 fully saturated rings. The molecule has 3 aromatic rings. The van der Waals surface area contributed by atoms with Gasteiger partial charge in [0.1, 0.15) is 30.2 Å². The van der Waals surface area contributed by atoms with Crippen LogP contribution in [-0.4, -0.2) is 33.3 Å². The summed E-state index contributed by atoms with van der Waals surface area (Å²) < 4.78 is 18.4. The van der Waals surface area contributed by atoms with E-state index in [2.05, 4.69) is 39.9 Å². The van der Waals surface area contributed by atoms with Crippen molar-refractivity contribution in [2.45, 2.75) is 6.92 Å². The maximum absolute atomic E-state index is 13.1. The molecule has 4 rings (SSSR count). The number of nitrogens with zero attached hydrogens (tertiary/aromatic N) is 2. The molecule has 134 valence electrons. The number of halogens is 1. The second-order valence-electron chi connectivity index (χ2n) is 6.70. The topological polar surface area (TPSA) is 29.9 Å². The molecule has 2 aromatic carbocycles. The standard InChI is InChI=1S/C21H22FN3O/c1-15-13-21(23-20-8-7-18(26-2)14-19(15)20)25-11-9-24(10-12-25)17-5-3-16(22)4-6-17/h3-8,13-14H,9-12H2,1-2H3/p+1. The van der Waals surface area contributed by atoms with Crippen LogP contribution in [0.25, 0.3) is 10.9 Å². The summed E-state index contributed by atoms with van der Waals surface area (Å²) in [4.78, 5) is 8.23. The molecule has 4 nitrogen and oxygen atoms in total. The van der Waals surface area contributed by atoms with Crippen LogP contribution in [-0.2, 0) is 0 Å². The van der Waals surface area contributed by atoms with E-state index in [-0.39, 0.29) is 5.82 Å². The van der Waals surface area contributed by atoms with E-state index in [0.29, 0.717) is 0 Å². The zero-order valence-corrected chi connectivity index (χ0v) is 15.1. The third-order valence-corrected chi connectivity index (χ3v) is 5.08. The minimum atomic E-state index is -0.190. The monoisotopic (exact) mass is 352 g/mol. The van der Waals surface area contributed by atoms with Crippen LogP contribution in [0.3, 0.4) is 0 Å². The summed E-state index contributed by atoms with van der Waals surface area (Å²) in [6.45, 7) is 5.82. The minimum absolute atomic E-state index is 0.190. The van der Waals surface area contributed by atoms with E-state index < -0.39 is 0 Å². The largest absolute Gasteiger partial charge is 0.497 e. The SMILES string of the molecule is COc1ccc2[nH+]c(N3CCN(c4ccc(F)cc4)CC3)cc(C)c2c1. The molecule has 26 heavy (non-hydrogen) atoms. The van der Waals surface area contributed by atoms with Gasteiger partial charge in [0.15, 0.2) is 0 Å². The Labute approximate surface area is 152 Å². The lowest BCUT2D eigenvalue weighted by Gasteiger charge is -2.32. The normalized spacial score (nSPS) is 14.7. The predicted molar refractivity (Wildman–Crippen MR) is 103 cm³/mol. The van der Waals surface area contributed by atoms with Crippen molar-refractivity contribution in [1.29, 1.82) is 0 Å². The molecular weight excluding hydrogens is 329 g/mol. The fraction of sp³-hybridized carbons (Fsp3) is 0.286. The van der Waals surface area contributed by atoms with Crippen molar-refractivity contribution in [3.63, 3.8) is 0 Å². The van der Waals surface area contributed by atoms with Crippen LogP contribution in [0.15, 0.2) is 48.5 Å². The van der Waals surface area contributed by atoms with Gasteiger partial charge in [0.05, 0.1) is 20.2 Å². The molecule has 0 radical (unpaired) electrons. The maximum Gasteiger partial charge on any atom is 0.275 e. The van der Waals surface area contributed by atoms with Crippen LogP contribution < -0.4 is 19.5 Å². The van der Waals surface area contributed by atoms with Gasteiger partial charge in [-0.05, 0) is 55.0 Å². The van der Waals surface area contributed by atoms with E-state index in [9.17, 15) is 4.39 Å². The highest BCUT2D eigenvalue weighted by atomic mass is 19.1. The van der Waals surface area contributed by atoms with Gasteiger partial charge in [-0.3, -0.25) is 4.90 Å². The Kier molecular flexibility index (Phi) is 4.37. The molecule has 0 aliphatic carbocycles. The number of benzene rings is 2. The fourth-order valence-corrected chi connectivity index (χ4v) is 3.57. The van der Waals surface area contributed by atoms with Gasteiger partial charge in [-0.1, -0.05) is 0 Å². The molecule has 1 N–H and O–H groups in total. The van der Waals surface area contributed by atoms with E-state index in [0.717, 1.165) is 49.0 Å². The van der Waals surface area contributed by atoms with Crippen molar-refractivity contribution < 1.29 is 14.1 Å². The van der Waals surface area contributed by atoms with Gasteiger partial charge in [0.25, 0.3) is 5.82 Å². The van der Waals surface area contributed by atoms with Crippen molar-refractivity contribution in [1.82, 2.24) is 0 Å². The number of pyridine rings is 1. The highest BCUT2D eigenvalue weighted by Crippen LogP contribution is 2.25. The van der Waals surface area contributed by atoms with E-state index in [4.69, 9.17) is 4.74 Å². The van der Waals surface area contributed by atoms with Gasteiger partial charge in [-0.25, -0.2) is 9.37 Å². The molecule has 5 heteroatoms. The number of hydrogen-bond donors (Lipinski definition) is 0. The molecular formula is C21H23FN3O+. The first-order chi connectivity index (χ1) is 12.6. The summed E-state index contributed by atoms with van der Waals surface area (Å²) in [7, 11) is 1.69. The molecule has 0 saturated carbocycles. The minimum Gasteiger partial charge on any atom is -0.497 e. The molecule has 0 spiro atoms. The van der Waals surface area contributed by atoms with Gasteiger partial charge in [-0.2, -0.15) is 0 Å². The molecule has 1 saturated heterocycles. The molecule has 0 amide bonds. The van der Waals surface area contributed by atoms with Crippen LogP contribution >= 0.6 is 0 Å². The van der Waals surface area contributed by atoms with Gasteiger partial charge in [-0.15, -0.1) is 0 Å². The first kappa shape index (κ1) is 16.6. The predicted octanol–water partition coefficient (Wildman–Crippen LogP) is 3.44. The Morgan fingerprint density at radius 2 is 1.62 bits per heavy atom. The van der Waals surface area contributed by atoms with Crippen LogP contribution in [0.5, 0.6) is 5.75 Å². The van der Waals surface area contributed by atoms with Crippen LogP contribution in [0.2, 0.25) is 0 Å². The van der Waals surface area contributed by atoms with Crippen LogP contribution in [0, 0.1) is 12.7 Å². The van der Waals surface area contributed by atoms with Gasteiger partial charge < -0.3 is 9.64 Å². The number of fused-ring (bicyclic) bond motifs is 1. The van der Waals surface area contributed by atoms with Crippen molar-refractivity contribution in [3.05, 3.63) is 59.9 Å². The fourth-order valence-electron chi connectivity index (χ4n) is 3.57. The Bertz CT molecular complexity index is 918. The summed E-state index contributed by atoms with van der Waals surface area (Å²) in [5, 5.41) is 1.18. The summed E-state index contributed by atoms with van der Waals surface area (Å²) in [5.41, 5.74) is 3.42. The number of H-pyrrole nitrogens is 1. The van der Waals surface area contributed by atoms with Crippen LogP contribution in [0.1, 0.15) is 5.56 Å². The summed E-state index contributed by atoms with van der Waals surface area (Å²) >= 11 is 0. The zero-order valence-electron chi connectivity index (χ0n) is 15.1. The number of aromatic amines is 1. The Hall–Kier alpha value is -2.82. The number of hydrogen-bond acceptors (Lipinski definition) is 3. The third kappa shape index (κ3) is 3.17. The van der Waals surface area contributed by atoms with E-state index >= 15 is 0 Å². The number of anilines is 2. The lowest BCUT2D eigenvalue weighted by molar-refractivity contribution is -0.330. The van der Waals surface area contributed by atoms with Crippen molar-refractivity contribution in [3.8, 4) is 5.75 Å². The van der Waals surface area contributed by atoms with Crippen molar-refractivity contribution in [2.24, 2.45) is 0 Å². The highest BCUT2D eigenvalue weighted by molar-refractivity contribution is 5.81. The van der Waals surface area contributed by atoms with Crippen molar-refractivity contribution in [2.75, 3.05) is 43.1 Å². The zero-order chi connectivity index (χ0) is 18.1. The average Bonchev–Trinajstić information content (AvgIpc) is 2.68. The first-order valence-corrected chi connectivity index (χ1v) is 8.90. The maximum atomic E-state index is 13.1. The number of nitrogens with one attached hydrogen (secondary N) is 1. The number of piperazine rings is 1. The Morgan fingerprint density at radius 1 is 0.923 bits per heavy atom. The molecule has 1 aromatic heterocycles. The second kappa shape index (κ2) is 6.83.